The van der Waals surface area contributed by atoms with Gasteiger partial charge >= 0.3 is 0 Å². The fourth-order valence-corrected chi connectivity index (χ4v) is 3.03. The molecule has 1 fully saturated rings. The Morgan fingerprint density at radius 1 is 1.42 bits per heavy atom. The number of benzene rings is 1. The molecule has 19 heavy (non-hydrogen) atoms. The molecule has 1 aromatic carbocycles. The van der Waals surface area contributed by atoms with Gasteiger partial charge in [0.25, 0.3) is 0 Å². The number of carbonyl (C=O) groups is 1. The number of hydrogen-bond acceptors (Lipinski definition) is 4. The summed E-state index contributed by atoms with van der Waals surface area (Å²) in [4.78, 5) is 12.0. The lowest BCUT2D eigenvalue weighted by molar-refractivity contribution is -0.109. The first-order chi connectivity index (χ1) is 9.18. The minimum Gasteiger partial charge on any atom is -0.612 e. The number of nitrogens with zero attached hydrogens (tertiary/aromatic N) is 1. The van der Waals surface area contributed by atoms with Gasteiger partial charge in [-0.15, -0.1) is 0 Å². The van der Waals surface area contributed by atoms with Crippen molar-refractivity contribution in [3.63, 3.8) is 0 Å². The van der Waals surface area contributed by atoms with Crippen molar-refractivity contribution >= 4 is 17.5 Å². The summed E-state index contributed by atoms with van der Waals surface area (Å²) < 4.78 is 16.8. The molecule has 1 atom stereocenters. The smallest absolute Gasteiger partial charge is 0.161 e. The predicted octanol–water partition coefficient (Wildman–Crippen LogP) is 2.31. The molecule has 0 saturated heterocycles. The lowest BCUT2D eigenvalue weighted by Gasteiger charge is -2.11. The molecular formula is C14H13NO3S. The molecule has 1 saturated carbocycles. The molecule has 1 aliphatic rings. The van der Waals surface area contributed by atoms with Gasteiger partial charge in [0.1, 0.15) is 24.5 Å². The monoisotopic (exact) mass is 275 g/mol. The van der Waals surface area contributed by atoms with Crippen molar-refractivity contribution < 1.29 is 13.9 Å². The second kappa shape index (κ2) is 4.51. The highest BCUT2D eigenvalue weighted by Crippen LogP contribution is 2.49. The summed E-state index contributed by atoms with van der Waals surface area (Å²) in [5.41, 5.74) is 1.77. The van der Waals surface area contributed by atoms with E-state index in [-0.39, 0.29) is 0 Å². The van der Waals surface area contributed by atoms with Crippen LogP contribution in [0, 0.1) is 0 Å². The maximum atomic E-state index is 11.8. The quantitative estimate of drug-likeness (QED) is 0.634. The average molecular weight is 275 g/mol. The number of rotatable bonds is 4. The van der Waals surface area contributed by atoms with Gasteiger partial charge in [-0.05, 0) is 36.2 Å². The number of carbonyl (C=O) groups excluding carboxylic acids is 1. The highest BCUT2D eigenvalue weighted by atomic mass is 32.2. The summed E-state index contributed by atoms with van der Waals surface area (Å²) in [7, 11) is 0. The third-order valence-corrected chi connectivity index (χ3v) is 4.55. The molecule has 0 N–H and O–H groups in total. The van der Waals surface area contributed by atoms with Gasteiger partial charge in [-0.2, -0.15) is 0 Å². The Morgan fingerprint density at radius 2 is 2.16 bits per heavy atom. The second-order valence-corrected chi connectivity index (χ2v) is 6.15. The van der Waals surface area contributed by atoms with Gasteiger partial charge in [-0.25, -0.2) is 0 Å². The van der Waals surface area contributed by atoms with Crippen LogP contribution in [0.3, 0.4) is 0 Å². The van der Waals surface area contributed by atoms with Gasteiger partial charge in [0.05, 0.1) is 11.0 Å². The van der Waals surface area contributed by atoms with E-state index in [2.05, 4.69) is 5.16 Å². The Labute approximate surface area is 114 Å². The van der Waals surface area contributed by atoms with E-state index in [1.807, 2.05) is 24.3 Å². The van der Waals surface area contributed by atoms with Gasteiger partial charge < -0.3 is 13.9 Å². The van der Waals surface area contributed by atoms with Crippen molar-refractivity contribution in [3.05, 3.63) is 36.1 Å². The average Bonchev–Trinajstić information content (AvgIpc) is 3.07. The maximum absolute atomic E-state index is 11.8. The largest absolute Gasteiger partial charge is 0.612 e. The normalized spacial score (nSPS) is 18.0. The van der Waals surface area contributed by atoms with Crippen LogP contribution in [0.4, 0.5) is 0 Å². The first kappa shape index (κ1) is 12.4. The lowest BCUT2D eigenvalue weighted by atomic mass is 9.95. The van der Waals surface area contributed by atoms with Crippen LogP contribution in [0.15, 0.2) is 39.9 Å². The number of aldehydes is 1. The minimum atomic E-state index is -1.11. The molecule has 0 spiro atoms. The van der Waals surface area contributed by atoms with E-state index in [0.29, 0.717) is 10.6 Å². The summed E-state index contributed by atoms with van der Waals surface area (Å²) in [5.74, 6) is 0. The molecule has 0 radical (unpaired) electrons. The fourth-order valence-electron chi connectivity index (χ4n) is 2.28. The molecule has 0 amide bonds. The SMILES string of the molecule is C[S+]([O-])c1ccccc1-c1nocc1C1(C=O)CC1. The summed E-state index contributed by atoms with van der Waals surface area (Å²) in [5, 5.41) is 4.02. The standard InChI is InChI=1S/C14H13NO3S/c1-19(17)12-5-3-2-4-10(12)13-11(8-18-15-13)14(9-16)6-7-14/h2-5,8-9H,6-7H2,1H3. The first-order valence-corrected chi connectivity index (χ1v) is 7.58. The summed E-state index contributed by atoms with van der Waals surface area (Å²) >= 11 is -1.11. The van der Waals surface area contributed by atoms with Gasteiger partial charge in [0, 0.05) is 5.56 Å². The van der Waals surface area contributed by atoms with Crippen molar-refractivity contribution in [2.45, 2.75) is 23.2 Å². The van der Waals surface area contributed by atoms with Crippen LogP contribution in [0.25, 0.3) is 11.3 Å². The highest BCUT2D eigenvalue weighted by Gasteiger charge is 2.47. The van der Waals surface area contributed by atoms with Crippen molar-refractivity contribution in [1.82, 2.24) is 5.16 Å². The Hall–Kier alpha value is -1.59. The van der Waals surface area contributed by atoms with E-state index in [9.17, 15) is 9.35 Å². The van der Waals surface area contributed by atoms with E-state index in [4.69, 9.17) is 4.52 Å². The fraction of sp³-hybridized carbons (Fsp3) is 0.286. The Kier molecular flexibility index (Phi) is 2.95. The Morgan fingerprint density at radius 3 is 2.79 bits per heavy atom. The van der Waals surface area contributed by atoms with Gasteiger partial charge in [0.15, 0.2) is 4.90 Å². The van der Waals surface area contributed by atoms with Crippen molar-refractivity contribution in [3.8, 4) is 11.3 Å². The van der Waals surface area contributed by atoms with Gasteiger partial charge in [-0.3, -0.25) is 0 Å². The molecule has 5 heteroatoms. The van der Waals surface area contributed by atoms with Crippen LogP contribution < -0.4 is 0 Å². The zero-order valence-electron chi connectivity index (χ0n) is 10.5. The van der Waals surface area contributed by atoms with Crippen molar-refractivity contribution in [1.29, 1.82) is 0 Å². The summed E-state index contributed by atoms with van der Waals surface area (Å²) in [6.45, 7) is 0. The van der Waals surface area contributed by atoms with Crippen molar-refractivity contribution in [2.24, 2.45) is 0 Å². The number of hydrogen-bond donors (Lipinski definition) is 0. The summed E-state index contributed by atoms with van der Waals surface area (Å²) in [6, 6.07) is 7.38. The molecule has 1 heterocycles. The third kappa shape index (κ3) is 1.99. The zero-order chi connectivity index (χ0) is 13.5. The molecule has 1 unspecified atom stereocenters. The highest BCUT2D eigenvalue weighted by molar-refractivity contribution is 7.90. The topological polar surface area (TPSA) is 66.2 Å². The van der Waals surface area contributed by atoms with Crippen molar-refractivity contribution in [2.75, 3.05) is 6.26 Å². The molecular weight excluding hydrogens is 262 g/mol. The number of aromatic nitrogens is 1. The van der Waals surface area contributed by atoms with Crippen LogP contribution >= 0.6 is 0 Å². The molecule has 3 rings (SSSR count). The predicted molar refractivity (Wildman–Crippen MR) is 71.2 cm³/mol. The Balaban J connectivity index is 2.14. The van der Waals surface area contributed by atoms with Crippen LogP contribution in [0.1, 0.15) is 18.4 Å². The minimum absolute atomic E-state index is 0.447. The molecule has 98 valence electrons. The van der Waals surface area contributed by atoms with E-state index in [0.717, 1.165) is 30.3 Å². The molecule has 1 aliphatic carbocycles. The second-order valence-electron chi connectivity index (χ2n) is 4.80. The first-order valence-electron chi connectivity index (χ1n) is 6.02. The van der Waals surface area contributed by atoms with Crippen LogP contribution in [0.2, 0.25) is 0 Å². The van der Waals surface area contributed by atoms with Crippen LogP contribution in [-0.2, 0) is 21.4 Å². The lowest BCUT2D eigenvalue weighted by Crippen LogP contribution is -2.09. The molecule has 0 aliphatic heterocycles. The molecule has 4 nitrogen and oxygen atoms in total. The maximum Gasteiger partial charge on any atom is 0.161 e. The van der Waals surface area contributed by atoms with E-state index in [1.165, 1.54) is 6.26 Å². The third-order valence-electron chi connectivity index (χ3n) is 3.57. The molecule has 2 aromatic rings. The Bertz CT molecular complexity index is 617. The van der Waals surface area contributed by atoms with Gasteiger partial charge in [0.2, 0.25) is 0 Å². The van der Waals surface area contributed by atoms with Gasteiger partial charge in [-0.1, -0.05) is 17.3 Å². The summed E-state index contributed by atoms with van der Waals surface area (Å²) in [6.07, 6.45) is 5.77. The molecule has 1 aromatic heterocycles. The van der Waals surface area contributed by atoms with E-state index >= 15 is 0 Å². The van der Waals surface area contributed by atoms with Crippen LogP contribution in [-0.4, -0.2) is 22.3 Å². The zero-order valence-corrected chi connectivity index (χ0v) is 11.3. The van der Waals surface area contributed by atoms with Crippen LogP contribution in [0.5, 0.6) is 0 Å². The van der Waals surface area contributed by atoms with E-state index < -0.39 is 16.6 Å². The van der Waals surface area contributed by atoms with E-state index in [1.54, 1.807) is 6.26 Å². The molecule has 0 bridgehead atoms.